The van der Waals surface area contributed by atoms with Crippen molar-refractivity contribution in [2.75, 3.05) is 0 Å². The van der Waals surface area contributed by atoms with Crippen LogP contribution in [0, 0.1) is 6.92 Å². The highest BCUT2D eigenvalue weighted by atomic mass is 35.5. The quantitative estimate of drug-likeness (QED) is 0.603. The van der Waals surface area contributed by atoms with E-state index in [-0.39, 0.29) is 0 Å². The number of hydrogen-bond donors (Lipinski definition) is 0. The van der Waals surface area contributed by atoms with Crippen molar-refractivity contribution in [2.45, 2.75) is 6.92 Å². The molecule has 11 heavy (non-hydrogen) atoms. The Balaban J connectivity index is 2.87. The van der Waals surface area contributed by atoms with Gasteiger partial charge in [0, 0.05) is 5.69 Å². The Labute approximate surface area is 68.8 Å². The van der Waals surface area contributed by atoms with Gasteiger partial charge in [0.25, 0.3) is 0 Å². The fourth-order valence-electron chi connectivity index (χ4n) is 0.981. The number of aryl methyl sites for hydroxylation is 1. The number of nitrogens with zero attached hydrogens (tertiary/aromatic N) is 1. The van der Waals surface area contributed by atoms with E-state index in [4.69, 9.17) is 16.0 Å². The molecular formula is C8H6ClNO. The average Bonchev–Trinajstić information content (AvgIpc) is 2.33. The van der Waals surface area contributed by atoms with Gasteiger partial charge in [-0.2, -0.15) is 0 Å². The second-order valence-corrected chi connectivity index (χ2v) is 2.79. The molecule has 2 rings (SSSR count). The number of halogens is 1. The normalized spacial score (nSPS) is 10.7. The molecule has 0 aliphatic heterocycles. The molecule has 0 saturated heterocycles. The third kappa shape index (κ3) is 0.994. The van der Waals surface area contributed by atoms with Gasteiger partial charge in [0.05, 0.1) is 0 Å². The number of aromatic nitrogens is 1. The summed E-state index contributed by atoms with van der Waals surface area (Å²) < 4.78 is 5.11. The van der Waals surface area contributed by atoms with Gasteiger partial charge in [-0.15, -0.1) is 0 Å². The molecule has 0 N–H and O–H groups in total. The highest BCUT2D eigenvalue weighted by Gasteiger charge is 2.03. The summed E-state index contributed by atoms with van der Waals surface area (Å²) in [6.07, 6.45) is 1.50. The maximum Gasteiger partial charge on any atom is 0.153 e. The molecule has 0 aromatic carbocycles. The first-order valence-corrected chi connectivity index (χ1v) is 3.65. The molecule has 2 heterocycles. The van der Waals surface area contributed by atoms with E-state index in [1.54, 1.807) is 0 Å². The van der Waals surface area contributed by atoms with E-state index in [0.717, 1.165) is 16.8 Å². The minimum absolute atomic E-state index is 0.573. The predicted molar refractivity (Wildman–Crippen MR) is 43.8 cm³/mol. The molecule has 0 unspecified atom stereocenters. The SMILES string of the molecule is Cc1ccc2occ(Cl)c2n1. The van der Waals surface area contributed by atoms with Gasteiger partial charge in [-0.1, -0.05) is 11.6 Å². The van der Waals surface area contributed by atoms with Crippen molar-refractivity contribution in [3.63, 3.8) is 0 Å². The molecule has 0 spiro atoms. The van der Waals surface area contributed by atoms with Crippen LogP contribution >= 0.6 is 11.6 Å². The number of rotatable bonds is 0. The van der Waals surface area contributed by atoms with Gasteiger partial charge in [0.1, 0.15) is 16.8 Å². The van der Waals surface area contributed by atoms with Gasteiger partial charge in [0.2, 0.25) is 0 Å². The zero-order valence-corrected chi connectivity index (χ0v) is 6.72. The first-order valence-electron chi connectivity index (χ1n) is 3.28. The van der Waals surface area contributed by atoms with Crippen molar-refractivity contribution in [1.82, 2.24) is 4.98 Å². The lowest BCUT2D eigenvalue weighted by atomic mass is 10.3. The molecule has 0 aliphatic carbocycles. The largest absolute Gasteiger partial charge is 0.461 e. The molecule has 0 saturated carbocycles. The van der Waals surface area contributed by atoms with E-state index in [9.17, 15) is 0 Å². The molecule has 2 aromatic rings. The van der Waals surface area contributed by atoms with Crippen LogP contribution in [-0.4, -0.2) is 4.98 Å². The van der Waals surface area contributed by atoms with E-state index >= 15 is 0 Å². The zero-order valence-electron chi connectivity index (χ0n) is 5.97. The molecule has 0 atom stereocenters. The van der Waals surface area contributed by atoms with Crippen LogP contribution in [0.2, 0.25) is 5.02 Å². The third-order valence-electron chi connectivity index (χ3n) is 1.51. The van der Waals surface area contributed by atoms with Crippen LogP contribution in [0.15, 0.2) is 22.8 Å². The molecule has 56 valence electrons. The molecule has 0 bridgehead atoms. The number of pyridine rings is 1. The van der Waals surface area contributed by atoms with Crippen LogP contribution in [0.3, 0.4) is 0 Å². The molecule has 0 radical (unpaired) electrons. The van der Waals surface area contributed by atoms with Crippen LogP contribution in [0.25, 0.3) is 11.1 Å². The topological polar surface area (TPSA) is 26.0 Å². The van der Waals surface area contributed by atoms with E-state index in [0.29, 0.717) is 5.02 Å². The smallest absolute Gasteiger partial charge is 0.153 e. The number of hydrogen-bond acceptors (Lipinski definition) is 2. The highest BCUT2D eigenvalue weighted by Crippen LogP contribution is 2.23. The molecule has 0 amide bonds. The fourth-order valence-corrected chi connectivity index (χ4v) is 1.16. The molecule has 2 nitrogen and oxygen atoms in total. The summed E-state index contributed by atoms with van der Waals surface area (Å²) in [5, 5.41) is 0.573. The van der Waals surface area contributed by atoms with E-state index < -0.39 is 0 Å². The minimum atomic E-state index is 0.573. The first kappa shape index (κ1) is 6.68. The Hall–Kier alpha value is -1.02. The van der Waals surface area contributed by atoms with E-state index in [2.05, 4.69) is 4.98 Å². The van der Waals surface area contributed by atoms with Crippen LogP contribution in [0.1, 0.15) is 5.69 Å². The van der Waals surface area contributed by atoms with Gasteiger partial charge < -0.3 is 4.42 Å². The number of furan rings is 1. The van der Waals surface area contributed by atoms with Crippen molar-refractivity contribution in [3.05, 3.63) is 29.1 Å². The summed E-state index contributed by atoms with van der Waals surface area (Å²) in [4.78, 5) is 4.21. The second-order valence-electron chi connectivity index (χ2n) is 2.38. The summed E-state index contributed by atoms with van der Waals surface area (Å²) in [6.45, 7) is 1.92. The molecular weight excluding hydrogens is 162 g/mol. The molecule has 2 aromatic heterocycles. The Kier molecular flexibility index (Phi) is 1.36. The van der Waals surface area contributed by atoms with Crippen LogP contribution in [0.4, 0.5) is 0 Å². The maximum absolute atomic E-state index is 5.79. The Morgan fingerprint density at radius 1 is 1.45 bits per heavy atom. The summed E-state index contributed by atoms with van der Waals surface area (Å²) in [7, 11) is 0. The minimum Gasteiger partial charge on any atom is -0.461 e. The van der Waals surface area contributed by atoms with Gasteiger partial charge >= 0.3 is 0 Å². The maximum atomic E-state index is 5.79. The van der Waals surface area contributed by atoms with E-state index in [1.165, 1.54) is 6.26 Å². The molecule has 0 fully saturated rings. The third-order valence-corrected chi connectivity index (χ3v) is 1.78. The molecule has 0 aliphatic rings. The van der Waals surface area contributed by atoms with Crippen molar-refractivity contribution in [3.8, 4) is 0 Å². The zero-order chi connectivity index (χ0) is 7.84. The van der Waals surface area contributed by atoms with Crippen molar-refractivity contribution in [1.29, 1.82) is 0 Å². The van der Waals surface area contributed by atoms with Crippen molar-refractivity contribution in [2.24, 2.45) is 0 Å². The summed E-state index contributed by atoms with van der Waals surface area (Å²) in [5.74, 6) is 0. The Morgan fingerprint density at radius 3 is 3.09 bits per heavy atom. The van der Waals surface area contributed by atoms with E-state index in [1.807, 2.05) is 19.1 Å². The fraction of sp³-hybridized carbons (Fsp3) is 0.125. The van der Waals surface area contributed by atoms with Crippen molar-refractivity contribution < 1.29 is 4.42 Å². The van der Waals surface area contributed by atoms with Crippen molar-refractivity contribution >= 4 is 22.7 Å². The summed E-state index contributed by atoms with van der Waals surface area (Å²) >= 11 is 5.79. The Morgan fingerprint density at radius 2 is 2.27 bits per heavy atom. The average molecular weight is 168 g/mol. The van der Waals surface area contributed by atoms with Gasteiger partial charge in [-0.05, 0) is 19.1 Å². The number of fused-ring (bicyclic) bond motifs is 1. The van der Waals surface area contributed by atoms with Crippen LogP contribution < -0.4 is 0 Å². The Bertz CT molecular complexity index is 394. The lowest BCUT2D eigenvalue weighted by Crippen LogP contribution is -1.78. The summed E-state index contributed by atoms with van der Waals surface area (Å²) in [5.41, 5.74) is 2.42. The predicted octanol–water partition coefficient (Wildman–Crippen LogP) is 2.79. The van der Waals surface area contributed by atoms with Gasteiger partial charge in [0.15, 0.2) is 5.58 Å². The standard InChI is InChI=1S/C8H6ClNO/c1-5-2-3-7-8(10-5)6(9)4-11-7/h2-4H,1H3. The van der Waals surface area contributed by atoms with Gasteiger partial charge in [-0.3, -0.25) is 0 Å². The molecule has 3 heteroatoms. The van der Waals surface area contributed by atoms with Crippen LogP contribution in [0.5, 0.6) is 0 Å². The van der Waals surface area contributed by atoms with Gasteiger partial charge in [-0.25, -0.2) is 4.98 Å². The summed E-state index contributed by atoms with van der Waals surface area (Å²) in [6, 6.07) is 3.76. The highest BCUT2D eigenvalue weighted by molar-refractivity contribution is 6.34. The monoisotopic (exact) mass is 167 g/mol. The van der Waals surface area contributed by atoms with Crippen LogP contribution in [-0.2, 0) is 0 Å². The first-order chi connectivity index (χ1) is 5.27. The lowest BCUT2D eigenvalue weighted by Gasteiger charge is -1.89. The second kappa shape index (κ2) is 2.24. The lowest BCUT2D eigenvalue weighted by molar-refractivity contribution is 0.615.